The first-order valence-electron chi connectivity index (χ1n) is 11.1. The number of benzene rings is 2. The van der Waals surface area contributed by atoms with Gasteiger partial charge in [-0.1, -0.05) is 59.5 Å². The lowest BCUT2D eigenvalue weighted by molar-refractivity contribution is -0.136. The molecular weight excluding hydrogens is 548 g/mol. The van der Waals surface area contributed by atoms with Gasteiger partial charge in [0.15, 0.2) is 0 Å². The standard InChI is InChI=1S/C25H24BrClN6O3/c1-14(24-30-21(32-36-24)15-8-10-16(26)11-9-15)28-22(34)23(35)29-20-13-19(25(2,3)4)31-33(20)18-7-5-6-17(27)12-18/h5-14H,1-4H3,(H,28,34)(H,29,35). The predicted molar refractivity (Wildman–Crippen MR) is 140 cm³/mol. The molecule has 186 valence electrons. The van der Waals surface area contributed by atoms with Crippen molar-refractivity contribution in [3.63, 3.8) is 0 Å². The maximum atomic E-state index is 12.8. The summed E-state index contributed by atoms with van der Waals surface area (Å²) in [7, 11) is 0. The molecule has 2 aromatic heterocycles. The predicted octanol–water partition coefficient (Wildman–Crippen LogP) is 5.45. The Morgan fingerprint density at radius 2 is 1.81 bits per heavy atom. The number of nitrogens with one attached hydrogen (secondary N) is 2. The van der Waals surface area contributed by atoms with E-state index in [1.165, 1.54) is 0 Å². The number of aromatic nitrogens is 4. The largest absolute Gasteiger partial charge is 0.337 e. The van der Waals surface area contributed by atoms with Crippen molar-refractivity contribution in [3.8, 4) is 17.1 Å². The fraction of sp³-hybridized carbons (Fsp3) is 0.240. The van der Waals surface area contributed by atoms with E-state index in [0.29, 0.717) is 22.4 Å². The third-order valence-corrected chi connectivity index (χ3v) is 6.00. The third-order valence-electron chi connectivity index (χ3n) is 5.24. The van der Waals surface area contributed by atoms with E-state index >= 15 is 0 Å². The number of rotatable bonds is 5. The van der Waals surface area contributed by atoms with Crippen LogP contribution in [0.5, 0.6) is 0 Å². The van der Waals surface area contributed by atoms with Gasteiger partial charge in [0.05, 0.1) is 11.4 Å². The lowest BCUT2D eigenvalue weighted by atomic mass is 9.92. The molecular formula is C25H24BrClN6O3. The smallest absolute Gasteiger partial charge is 0.314 e. The highest BCUT2D eigenvalue weighted by molar-refractivity contribution is 9.10. The molecule has 2 heterocycles. The molecule has 0 saturated carbocycles. The van der Waals surface area contributed by atoms with Crippen LogP contribution in [-0.2, 0) is 15.0 Å². The molecule has 0 aliphatic heterocycles. The lowest BCUT2D eigenvalue weighted by Crippen LogP contribution is -2.37. The molecule has 4 rings (SSSR count). The maximum absolute atomic E-state index is 12.8. The molecule has 2 N–H and O–H groups in total. The number of halogens is 2. The Hall–Kier alpha value is -3.50. The molecule has 0 aliphatic rings. The van der Waals surface area contributed by atoms with Gasteiger partial charge in [-0.05, 0) is 49.4 Å². The number of nitrogens with zero attached hydrogens (tertiary/aromatic N) is 4. The van der Waals surface area contributed by atoms with Crippen molar-refractivity contribution < 1.29 is 14.1 Å². The highest BCUT2D eigenvalue weighted by atomic mass is 79.9. The molecule has 9 nitrogen and oxygen atoms in total. The summed E-state index contributed by atoms with van der Waals surface area (Å²) in [5.74, 6) is -0.832. The summed E-state index contributed by atoms with van der Waals surface area (Å²) in [5.41, 5.74) is 1.85. The number of anilines is 1. The Bertz CT molecular complexity index is 1410. The van der Waals surface area contributed by atoms with Gasteiger partial charge < -0.3 is 15.2 Å². The number of carbonyl (C=O) groups excluding carboxylic acids is 2. The van der Waals surface area contributed by atoms with Crippen LogP contribution in [0.25, 0.3) is 17.1 Å². The van der Waals surface area contributed by atoms with E-state index in [9.17, 15) is 9.59 Å². The van der Waals surface area contributed by atoms with Gasteiger partial charge in [-0.2, -0.15) is 10.1 Å². The van der Waals surface area contributed by atoms with Crippen molar-refractivity contribution in [1.82, 2.24) is 25.2 Å². The molecule has 36 heavy (non-hydrogen) atoms. The van der Waals surface area contributed by atoms with Crippen molar-refractivity contribution in [2.75, 3.05) is 5.32 Å². The molecule has 0 fully saturated rings. The number of amides is 2. The summed E-state index contributed by atoms with van der Waals surface area (Å²) < 4.78 is 7.76. The van der Waals surface area contributed by atoms with Crippen molar-refractivity contribution in [2.24, 2.45) is 0 Å². The first kappa shape index (κ1) is 25.6. The molecule has 0 spiro atoms. The molecule has 1 atom stereocenters. The van der Waals surface area contributed by atoms with Crippen LogP contribution in [0.4, 0.5) is 5.82 Å². The fourth-order valence-electron chi connectivity index (χ4n) is 3.27. The Morgan fingerprint density at radius 1 is 1.08 bits per heavy atom. The quantitative estimate of drug-likeness (QED) is 0.308. The van der Waals surface area contributed by atoms with Gasteiger partial charge in [-0.25, -0.2) is 4.68 Å². The van der Waals surface area contributed by atoms with Crippen molar-refractivity contribution in [3.05, 3.63) is 75.7 Å². The summed E-state index contributed by atoms with van der Waals surface area (Å²) in [4.78, 5) is 29.8. The average molecular weight is 572 g/mol. The third kappa shape index (κ3) is 5.83. The van der Waals surface area contributed by atoms with Gasteiger partial charge in [-0.15, -0.1) is 0 Å². The Kier molecular flexibility index (Phi) is 7.28. The molecule has 0 saturated heterocycles. The van der Waals surface area contributed by atoms with E-state index < -0.39 is 17.9 Å². The maximum Gasteiger partial charge on any atom is 0.314 e. The minimum atomic E-state index is -0.863. The topological polar surface area (TPSA) is 115 Å². The molecule has 0 radical (unpaired) electrons. The van der Waals surface area contributed by atoms with Crippen LogP contribution < -0.4 is 10.6 Å². The number of carbonyl (C=O) groups is 2. The Labute approximate surface area is 221 Å². The van der Waals surface area contributed by atoms with Crippen molar-refractivity contribution in [1.29, 1.82) is 0 Å². The van der Waals surface area contributed by atoms with Crippen LogP contribution in [0.1, 0.15) is 45.3 Å². The van der Waals surface area contributed by atoms with Crippen LogP contribution in [-0.4, -0.2) is 31.7 Å². The van der Waals surface area contributed by atoms with E-state index in [2.05, 4.69) is 41.8 Å². The molecule has 4 aromatic rings. The zero-order valence-corrected chi connectivity index (χ0v) is 22.4. The Balaban J connectivity index is 1.49. The van der Waals surface area contributed by atoms with Crippen LogP contribution in [0.2, 0.25) is 5.02 Å². The van der Waals surface area contributed by atoms with E-state index in [-0.39, 0.29) is 11.3 Å². The van der Waals surface area contributed by atoms with E-state index in [4.69, 9.17) is 16.1 Å². The van der Waals surface area contributed by atoms with Crippen LogP contribution in [0.3, 0.4) is 0 Å². The first-order valence-corrected chi connectivity index (χ1v) is 12.3. The summed E-state index contributed by atoms with van der Waals surface area (Å²) in [5, 5.41) is 14.3. The van der Waals surface area contributed by atoms with Gasteiger partial charge in [0.1, 0.15) is 11.9 Å². The van der Waals surface area contributed by atoms with Crippen LogP contribution >= 0.6 is 27.5 Å². The highest BCUT2D eigenvalue weighted by Crippen LogP contribution is 2.27. The van der Waals surface area contributed by atoms with Gasteiger partial charge in [-0.3, -0.25) is 9.59 Å². The van der Waals surface area contributed by atoms with Gasteiger partial charge in [0.25, 0.3) is 0 Å². The first-order chi connectivity index (χ1) is 17.0. The molecule has 0 bridgehead atoms. The molecule has 11 heteroatoms. The molecule has 1 unspecified atom stereocenters. The summed E-state index contributed by atoms with van der Waals surface area (Å²) >= 11 is 9.53. The van der Waals surface area contributed by atoms with Gasteiger partial charge in [0, 0.05) is 26.5 Å². The summed E-state index contributed by atoms with van der Waals surface area (Å²) in [6, 6.07) is 15.5. The van der Waals surface area contributed by atoms with Gasteiger partial charge >= 0.3 is 11.8 Å². The Morgan fingerprint density at radius 3 is 2.47 bits per heavy atom. The minimum absolute atomic E-state index is 0.174. The van der Waals surface area contributed by atoms with Gasteiger partial charge in [0.2, 0.25) is 11.7 Å². The van der Waals surface area contributed by atoms with Crippen molar-refractivity contribution in [2.45, 2.75) is 39.2 Å². The monoisotopic (exact) mass is 570 g/mol. The van der Waals surface area contributed by atoms with Crippen LogP contribution in [0, 0.1) is 0 Å². The highest BCUT2D eigenvalue weighted by Gasteiger charge is 2.25. The molecule has 2 amide bonds. The summed E-state index contributed by atoms with van der Waals surface area (Å²) in [6.07, 6.45) is 0. The van der Waals surface area contributed by atoms with Crippen molar-refractivity contribution >= 4 is 45.2 Å². The lowest BCUT2D eigenvalue weighted by Gasteiger charge is -2.14. The fourth-order valence-corrected chi connectivity index (χ4v) is 3.71. The van der Waals surface area contributed by atoms with E-state index in [1.54, 1.807) is 35.9 Å². The number of hydrogen-bond donors (Lipinski definition) is 2. The second kappa shape index (κ2) is 10.2. The minimum Gasteiger partial charge on any atom is -0.337 e. The normalized spacial score (nSPS) is 12.3. The number of hydrogen-bond acceptors (Lipinski definition) is 6. The zero-order chi connectivity index (χ0) is 26.0. The van der Waals surface area contributed by atoms with E-state index in [1.807, 2.05) is 51.1 Å². The molecule has 2 aromatic carbocycles. The zero-order valence-electron chi connectivity index (χ0n) is 20.0. The van der Waals surface area contributed by atoms with E-state index in [0.717, 1.165) is 15.7 Å². The average Bonchev–Trinajstić information content (AvgIpc) is 3.47. The SMILES string of the molecule is CC(NC(=O)C(=O)Nc1cc(C(C)(C)C)nn1-c1cccc(Cl)c1)c1nc(-c2ccc(Br)cc2)no1. The second-order valence-electron chi connectivity index (χ2n) is 9.17. The second-order valence-corrected chi connectivity index (χ2v) is 10.5. The summed E-state index contributed by atoms with van der Waals surface area (Å²) in [6.45, 7) is 7.66. The molecule has 0 aliphatic carbocycles. The van der Waals surface area contributed by atoms with Crippen LogP contribution in [0.15, 0.2) is 63.6 Å².